The highest BCUT2D eigenvalue weighted by atomic mass is 79.9. The van der Waals surface area contributed by atoms with E-state index >= 15 is 0 Å². The minimum Gasteiger partial charge on any atom is -0.423 e. The fourth-order valence-corrected chi connectivity index (χ4v) is 4.69. The Morgan fingerprint density at radius 1 is 0.756 bits per heavy atom. The molecule has 0 saturated carbocycles. The van der Waals surface area contributed by atoms with Crippen molar-refractivity contribution in [3.8, 4) is 5.75 Å². The number of nitrogens with zero attached hydrogens (tertiary/aromatic N) is 4. The van der Waals surface area contributed by atoms with Gasteiger partial charge in [0.25, 0.3) is 29.1 Å². The molecule has 224 valence electrons. The zero-order valence-electron chi connectivity index (χ0n) is 22.6. The van der Waals surface area contributed by atoms with E-state index in [0.29, 0.717) is 10.0 Å². The molecule has 0 saturated heterocycles. The van der Waals surface area contributed by atoms with Gasteiger partial charge in [0.05, 0.1) is 21.0 Å². The predicted molar refractivity (Wildman–Crippen MR) is 158 cm³/mol. The molecule has 0 N–H and O–H groups in total. The molecule has 0 unspecified atom stereocenters. The Labute approximate surface area is 260 Å². The van der Waals surface area contributed by atoms with E-state index in [1.54, 1.807) is 24.3 Å². The van der Waals surface area contributed by atoms with Crippen molar-refractivity contribution in [3.63, 3.8) is 0 Å². The Morgan fingerprint density at radius 2 is 1.36 bits per heavy atom. The van der Waals surface area contributed by atoms with E-state index < -0.39 is 57.1 Å². The fourth-order valence-electron chi connectivity index (χ4n) is 4.42. The van der Waals surface area contributed by atoms with Crippen molar-refractivity contribution in [1.29, 1.82) is 0 Å². The molecule has 1 aliphatic rings. The predicted octanol–water partition coefficient (Wildman–Crippen LogP) is 5.02. The molecule has 15 heteroatoms. The van der Waals surface area contributed by atoms with Crippen molar-refractivity contribution in [3.05, 3.63) is 144 Å². The molecule has 0 fully saturated rings. The number of hydrazine groups is 1. The van der Waals surface area contributed by atoms with E-state index in [0.717, 1.165) is 34.8 Å². The monoisotopic (exact) mass is 672 g/mol. The minimum absolute atomic E-state index is 0.00234. The van der Waals surface area contributed by atoms with Crippen molar-refractivity contribution in [2.75, 3.05) is 6.54 Å². The fraction of sp³-hybridized carbons (Fsp3) is 0.0333. The van der Waals surface area contributed by atoms with Crippen molar-refractivity contribution < 1.29 is 38.6 Å². The number of ketones is 1. The Bertz CT molecular complexity index is 1910. The van der Waals surface area contributed by atoms with E-state index in [2.05, 4.69) is 15.9 Å². The van der Waals surface area contributed by atoms with Gasteiger partial charge in [-0.05, 0) is 66.7 Å². The summed E-state index contributed by atoms with van der Waals surface area (Å²) in [5.41, 5.74) is -1.85. The van der Waals surface area contributed by atoms with Gasteiger partial charge in [-0.25, -0.2) is 9.80 Å². The Kier molecular flexibility index (Phi) is 8.27. The maximum atomic E-state index is 13.6. The van der Waals surface area contributed by atoms with Gasteiger partial charge in [0.15, 0.2) is 5.78 Å². The van der Waals surface area contributed by atoms with Crippen molar-refractivity contribution in [2.24, 2.45) is 0 Å². The number of Topliss-reactive ketones (excluding diaryl/α,β-unsaturated/α-hetero) is 1. The molecule has 0 aliphatic carbocycles. The van der Waals surface area contributed by atoms with Gasteiger partial charge in [-0.3, -0.25) is 39.4 Å². The summed E-state index contributed by atoms with van der Waals surface area (Å²) in [5, 5.41) is 23.5. The molecule has 4 aromatic carbocycles. The maximum Gasteiger partial charge on any atom is 0.343 e. The number of carbonyl (C=O) groups excluding carboxylic acids is 5. The first-order valence-corrected chi connectivity index (χ1v) is 13.6. The normalized spacial score (nSPS) is 12.0. The molecule has 45 heavy (non-hydrogen) atoms. The molecule has 3 amide bonds. The van der Waals surface area contributed by atoms with Crippen LogP contribution >= 0.6 is 15.9 Å². The Balaban J connectivity index is 1.44. The van der Waals surface area contributed by atoms with Gasteiger partial charge in [0.1, 0.15) is 17.9 Å². The van der Waals surface area contributed by atoms with Crippen molar-refractivity contribution in [1.82, 2.24) is 10.0 Å². The lowest BCUT2D eigenvalue weighted by Crippen LogP contribution is -2.51. The third kappa shape index (κ3) is 6.05. The van der Waals surface area contributed by atoms with Crippen LogP contribution in [-0.2, 0) is 0 Å². The number of halogens is 1. The van der Waals surface area contributed by atoms with Gasteiger partial charge < -0.3 is 4.74 Å². The zero-order valence-corrected chi connectivity index (χ0v) is 24.2. The van der Waals surface area contributed by atoms with Crippen LogP contribution in [0.2, 0.25) is 0 Å². The zero-order chi connectivity index (χ0) is 32.4. The highest BCUT2D eigenvalue weighted by molar-refractivity contribution is 9.10. The molecule has 5 rings (SSSR count). The molecule has 1 aliphatic heterocycles. The summed E-state index contributed by atoms with van der Waals surface area (Å²) in [6.07, 6.45) is 0. The van der Waals surface area contributed by atoms with Gasteiger partial charge in [-0.2, -0.15) is 5.01 Å². The van der Waals surface area contributed by atoms with Crippen molar-refractivity contribution >= 4 is 56.8 Å². The van der Waals surface area contributed by atoms with Crippen LogP contribution in [0, 0.1) is 20.2 Å². The number of amides is 3. The molecule has 0 atom stereocenters. The number of nitro benzene ring substituents is 2. The minimum atomic E-state index is -1.21. The third-order valence-corrected chi connectivity index (χ3v) is 7.16. The number of imide groups is 1. The van der Waals surface area contributed by atoms with Gasteiger partial charge in [0, 0.05) is 33.8 Å². The second-order valence-corrected chi connectivity index (χ2v) is 10.3. The van der Waals surface area contributed by atoms with E-state index in [9.17, 15) is 44.2 Å². The number of rotatable bonds is 9. The lowest BCUT2D eigenvalue weighted by Gasteiger charge is -2.29. The molecule has 0 aromatic heterocycles. The average molecular weight is 673 g/mol. The first-order chi connectivity index (χ1) is 21.5. The summed E-state index contributed by atoms with van der Waals surface area (Å²) in [6, 6.07) is 19.3. The van der Waals surface area contributed by atoms with Crippen LogP contribution in [0.4, 0.5) is 11.4 Å². The third-order valence-electron chi connectivity index (χ3n) is 6.63. The number of carbonyl (C=O) groups is 5. The summed E-state index contributed by atoms with van der Waals surface area (Å²) in [4.78, 5) is 87.3. The van der Waals surface area contributed by atoms with Crippen LogP contribution in [-0.4, -0.2) is 55.9 Å². The summed E-state index contributed by atoms with van der Waals surface area (Å²) < 4.78 is 6.09. The Morgan fingerprint density at radius 3 is 1.96 bits per heavy atom. The number of fused-ring (bicyclic) bond motifs is 1. The number of non-ortho nitro benzene ring substituents is 1. The average Bonchev–Trinajstić information content (AvgIpc) is 3.29. The van der Waals surface area contributed by atoms with Gasteiger partial charge in [-0.1, -0.05) is 22.0 Å². The van der Waals surface area contributed by atoms with Crippen LogP contribution in [0.15, 0.2) is 95.5 Å². The van der Waals surface area contributed by atoms with Crippen molar-refractivity contribution in [2.45, 2.75) is 0 Å². The van der Waals surface area contributed by atoms with Gasteiger partial charge >= 0.3 is 5.97 Å². The summed E-state index contributed by atoms with van der Waals surface area (Å²) in [6.45, 7) is -0.882. The van der Waals surface area contributed by atoms with Gasteiger partial charge in [-0.15, -0.1) is 0 Å². The molecule has 0 radical (unpaired) electrons. The Hall–Kier alpha value is -6.09. The largest absolute Gasteiger partial charge is 0.423 e. The van der Waals surface area contributed by atoms with E-state index in [4.69, 9.17) is 4.74 Å². The molecule has 14 nitrogen and oxygen atoms in total. The molecule has 4 aromatic rings. The van der Waals surface area contributed by atoms with Crippen LogP contribution in [0.1, 0.15) is 51.8 Å². The van der Waals surface area contributed by atoms with Crippen LogP contribution in [0.3, 0.4) is 0 Å². The van der Waals surface area contributed by atoms with Crippen LogP contribution in [0.5, 0.6) is 5.75 Å². The molecule has 0 spiro atoms. The van der Waals surface area contributed by atoms with Crippen LogP contribution < -0.4 is 4.74 Å². The number of hydrogen-bond acceptors (Lipinski definition) is 10. The second-order valence-electron chi connectivity index (χ2n) is 9.39. The summed E-state index contributed by atoms with van der Waals surface area (Å²) >= 11 is 3.27. The second kappa shape index (κ2) is 12.3. The smallest absolute Gasteiger partial charge is 0.343 e. The molecule has 1 heterocycles. The first kappa shape index (κ1) is 30.4. The molecule has 0 bridgehead atoms. The first-order valence-electron chi connectivity index (χ1n) is 12.8. The number of benzene rings is 4. The highest BCUT2D eigenvalue weighted by Gasteiger charge is 2.46. The number of hydrogen-bond donors (Lipinski definition) is 0. The molecular weight excluding hydrogens is 656 g/mol. The highest BCUT2D eigenvalue weighted by Crippen LogP contribution is 2.32. The lowest BCUT2D eigenvalue weighted by atomic mass is 10.1. The SMILES string of the molecule is O=C(CN(C(=O)c1ccc([N+](=O)[O-])cc1)N1C(=O)c2cccc([N+](=O)[O-])c2C1=O)c1ccc(OC(=O)c2ccc(Br)cc2)cc1. The van der Waals surface area contributed by atoms with E-state index in [1.165, 1.54) is 36.4 Å². The summed E-state index contributed by atoms with van der Waals surface area (Å²) in [5.74, 6) is -4.66. The maximum absolute atomic E-state index is 13.6. The number of nitro groups is 2. The lowest BCUT2D eigenvalue weighted by molar-refractivity contribution is -0.385. The van der Waals surface area contributed by atoms with E-state index in [-0.39, 0.29) is 33.7 Å². The standard InChI is InChI=1S/C30H17BrN4O10/c31-20-10-4-19(5-11-20)30(40)45-22-14-8-17(9-15-22)25(36)16-32(27(37)18-6-12-21(13-7-18)34(41)42)33-28(38)23-2-1-3-24(35(43)44)26(23)29(33)39/h1-15H,16H2. The van der Waals surface area contributed by atoms with Gasteiger partial charge in [0.2, 0.25) is 0 Å². The number of ether oxygens (including phenoxy) is 1. The number of esters is 1. The quantitative estimate of drug-likeness (QED) is 0.0583. The topological polar surface area (TPSA) is 187 Å². The van der Waals surface area contributed by atoms with E-state index in [1.807, 2.05) is 0 Å². The molecular formula is C30H17BrN4O10. The summed E-state index contributed by atoms with van der Waals surface area (Å²) in [7, 11) is 0. The van der Waals surface area contributed by atoms with Crippen LogP contribution in [0.25, 0.3) is 0 Å².